The highest BCUT2D eigenvalue weighted by Crippen LogP contribution is 2.38. The first kappa shape index (κ1) is 24.1. The molecule has 1 N–H and O–H groups in total. The van der Waals surface area contributed by atoms with Crippen molar-refractivity contribution in [2.45, 2.75) is 26.2 Å². The van der Waals surface area contributed by atoms with Crippen LogP contribution in [0.5, 0.6) is 0 Å². The zero-order valence-electron chi connectivity index (χ0n) is 18.6. The Hall–Kier alpha value is -1.55. The molecule has 1 amide bonds. The first-order chi connectivity index (χ1) is 14.7. The summed E-state index contributed by atoms with van der Waals surface area (Å²) in [6, 6.07) is 10.4. The first-order valence-corrected chi connectivity index (χ1v) is 11.4. The van der Waals surface area contributed by atoms with Crippen molar-refractivity contribution in [3.63, 3.8) is 0 Å². The molecule has 3 heterocycles. The third-order valence-corrected chi connectivity index (χ3v) is 6.60. The average Bonchev–Trinajstić information content (AvgIpc) is 3.43. The van der Waals surface area contributed by atoms with Gasteiger partial charge in [-0.25, -0.2) is 0 Å². The van der Waals surface area contributed by atoms with E-state index in [4.69, 9.17) is 9.73 Å². The summed E-state index contributed by atoms with van der Waals surface area (Å²) < 4.78 is 5.65. The summed E-state index contributed by atoms with van der Waals surface area (Å²) in [6.45, 7) is 10.6. The van der Waals surface area contributed by atoms with E-state index in [2.05, 4.69) is 46.3 Å². The molecule has 3 fully saturated rings. The number of anilines is 1. The Kier molecular flexibility index (Phi) is 8.83. The predicted molar refractivity (Wildman–Crippen MR) is 135 cm³/mol. The lowest BCUT2D eigenvalue weighted by atomic mass is 9.87. The third-order valence-electron chi connectivity index (χ3n) is 6.60. The molecule has 0 radical (unpaired) electrons. The lowest BCUT2D eigenvalue weighted by molar-refractivity contribution is -0.131. The summed E-state index contributed by atoms with van der Waals surface area (Å²) in [6.07, 6.45) is 2.79. The fourth-order valence-corrected chi connectivity index (χ4v) is 4.78. The number of halogens is 1. The van der Waals surface area contributed by atoms with Crippen molar-refractivity contribution in [3.8, 4) is 0 Å². The molecule has 0 aliphatic carbocycles. The molecular formula is C23H36IN5O2. The van der Waals surface area contributed by atoms with Crippen LogP contribution < -0.4 is 10.2 Å². The maximum Gasteiger partial charge on any atom is 0.224 e. The number of amides is 1. The smallest absolute Gasteiger partial charge is 0.224 e. The van der Waals surface area contributed by atoms with Gasteiger partial charge in [-0.2, -0.15) is 0 Å². The van der Waals surface area contributed by atoms with Crippen LogP contribution in [0.1, 0.15) is 26.2 Å². The third kappa shape index (κ3) is 6.03. The monoisotopic (exact) mass is 541 g/mol. The number of carbonyl (C=O) groups is 1. The zero-order chi connectivity index (χ0) is 20.8. The number of hydrogen-bond acceptors (Lipinski definition) is 4. The fraction of sp³-hybridized carbons (Fsp3) is 0.652. The molecule has 0 saturated carbocycles. The van der Waals surface area contributed by atoms with Gasteiger partial charge in [0.15, 0.2) is 5.96 Å². The Balaban J connectivity index is 0.00000272. The Labute approximate surface area is 203 Å². The molecule has 3 aliphatic heterocycles. The van der Waals surface area contributed by atoms with Crippen molar-refractivity contribution in [1.82, 2.24) is 15.1 Å². The Morgan fingerprint density at radius 2 is 1.87 bits per heavy atom. The molecule has 7 nitrogen and oxygen atoms in total. The van der Waals surface area contributed by atoms with Gasteiger partial charge in [0.25, 0.3) is 0 Å². The normalized spacial score (nSPS) is 23.9. The maximum absolute atomic E-state index is 12.7. The van der Waals surface area contributed by atoms with Crippen LogP contribution in [-0.2, 0) is 9.53 Å². The van der Waals surface area contributed by atoms with Crippen molar-refractivity contribution in [1.29, 1.82) is 0 Å². The predicted octanol–water partition coefficient (Wildman–Crippen LogP) is 2.42. The van der Waals surface area contributed by atoms with Gasteiger partial charge >= 0.3 is 0 Å². The fourth-order valence-electron chi connectivity index (χ4n) is 4.78. The van der Waals surface area contributed by atoms with Gasteiger partial charge < -0.3 is 24.8 Å². The Morgan fingerprint density at radius 1 is 1.10 bits per heavy atom. The van der Waals surface area contributed by atoms with Crippen molar-refractivity contribution in [3.05, 3.63) is 30.3 Å². The van der Waals surface area contributed by atoms with E-state index in [0.717, 1.165) is 71.4 Å². The number of likely N-dealkylation sites (tertiary alicyclic amines) is 1. The molecule has 1 aromatic rings. The minimum Gasteiger partial charge on any atom is -0.381 e. The van der Waals surface area contributed by atoms with Gasteiger partial charge in [0.05, 0.1) is 13.2 Å². The van der Waals surface area contributed by atoms with Crippen molar-refractivity contribution in [2.24, 2.45) is 10.4 Å². The van der Waals surface area contributed by atoms with Gasteiger partial charge in [-0.1, -0.05) is 18.2 Å². The molecule has 0 bridgehead atoms. The number of rotatable bonds is 5. The van der Waals surface area contributed by atoms with Crippen LogP contribution in [-0.4, -0.2) is 87.2 Å². The van der Waals surface area contributed by atoms with E-state index in [1.165, 1.54) is 12.1 Å². The summed E-state index contributed by atoms with van der Waals surface area (Å²) in [7, 11) is 0. The van der Waals surface area contributed by atoms with Crippen LogP contribution in [0.2, 0.25) is 0 Å². The number of para-hydroxylation sites is 1. The van der Waals surface area contributed by atoms with Crippen molar-refractivity contribution < 1.29 is 9.53 Å². The van der Waals surface area contributed by atoms with Crippen LogP contribution in [0.25, 0.3) is 0 Å². The van der Waals surface area contributed by atoms with E-state index < -0.39 is 0 Å². The quantitative estimate of drug-likeness (QED) is 0.353. The number of hydrogen-bond donors (Lipinski definition) is 1. The number of piperazine rings is 1. The second kappa shape index (κ2) is 11.4. The lowest BCUT2D eigenvalue weighted by Crippen LogP contribution is -2.49. The van der Waals surface area contributed by atoms with Crippen molar-refractivity contribution >= 4 is 41.5 Å². The van der Waals surface area contributed by atoms with Gasteiger partial charge in [-0.05, 0) is 31.9 Å². The summed E-state index contributed by atoms with van der Waals surface area (Å²) in [5, 5.41) is 3.41. The molecular weight excluding hydrogens is 505 g/mol. The van der Waals surface area contributed by atoms with Gasteiger partial charge in [-0.15, -0.1) is 24.0 Å². The van der Waals surface area contributed by atoms with Gasteiger partial charge in [0.2, 0.25) is 5.91 Å². The summed E-state index contributed by atoms with van der Waals surface area (Å²) in [5.41, 5.74) is 1.55. The standard InChI is InChI=1S/C23H35N5O2.HI/c1-2-24-22(28-12-9-23(18-28)10-17-30-19-23)25-11-8-21(29)27-15-13-26(14-16-27)20-6-4-3-5-7-20;/h3-7H,2,8-19H2,1H3,(H,24,25);1H. The highest BCUT2D eigenvalue weighted by atomic mass is 127. The van der Waals surface area contributed by atoms with Crippen LogP contribution in [0.4, 0.5) is 5.69 Å². The summed E-state index contributed by atoms with van der Waals surface area (Å²) in [4.78, 5) is 24.2. The van der Waals surface area contributed by atoms with E-state index in [9.17, 15) is 4.79 Å². The molecule has 172 valence electrons. The number of nitrogens with one attached hydrogen (secondary N) is 1. The molecule has 3 saturated heterocycles. The largest absolute Gasteiger partial charge is 0.381 e. The maximum atomic E-state index is 12.7. The first-order valence-electron chi connectivity index (χ1n) is 11.4. The van der Waals surface area contributed by atoms with Crippen LogP contribution in [0.3, 0.4) is 0 Å². The molecule has 1 unspecified atom stereocenters. The van der Waals surface area contributed by atoms with Crippen LogP contribution >= 0.6 is 24.0 Å². The van der Waals surface area contributed by atoms with E-state index in [0.29, 0.717) is 18.4 Å². The summed E-state index contributed by atoms with van der Waals surface area (Å²) >= 11 is 0. The van der Waals surface area contributed by atoms with Crippen LogP contribution in [0, 0.1) is 5.41 Å². The highest BCUT2D eigenvalue weighted by Gasteiger charge is 2.42. The zero-order valence-corrected chi connectivity index (χ0v) is 20.9. The second-order valence-electron chi connectivity index (χ2n) is 8.66. The molecule has 3 aliphatic rings. The number of aliphatic imine (C=N–C) groups is 1. The molecule has 4 rings (SSSR count). The van der Waals surface area contributed by atoms with Crippen molar-refractivity contribution in [2.75, 3.05) is 70.5 Å². The topological polar surface area (TPSA) is 60.4 Å². The summed E-state index contributed by atoms with van der Waals surface area (Å²) in [5.74, 6) is 1.16. The number of benzene rings is 1. The van der Waals surface area contributed by atoms with Crippen LogP contribution in [0.15, 0.2) is 35.3 Å². The minimum atomic E-state index is 0. The van der Waals surface area contributed by atoms with Gasteiger partial charge in [0.1, 0.15) is 0 Å². The van der Waals surface area contributed by atoms with Gasteiger partial charge in [0, 0.05) is 69.9 Å². The number of nitrogens with zero attached hydrogens (tertiary/aromatic N) is 4. The number of carbonyl (C=O) groups excluding carboxylic acids is 1. The number of ether oxygens (including phenoxy) is 1. The van der Waals surface area contributed by atoms with E-state index in [-0.39, 0.29) is 29.9 Å². The highest BCUT2D eigenvalue weighted by molar-refractivity contribution is 14.0. The SMILES string of the molecule is CCNC(=NCCC(=O)N1CCN(c2ccccc2)CC1)N1CCC2(CCOC2)C1.I. The molecule has 8 heteroatoms. The average molecular weight is 541 g/mol. The minimum absolute atomic E-state index is 0. The molecule has 1 spiro atoms. The molecule has 0 aromatic heterocycles. The number of guanidine groups is 1. The van der Waals surface area contributed by atoms with E-state index in [1.54, 1.807) is 0 Å². The van der Waals surface area contributed by atoms with Gasteiger partial charge in [-0.3, -0.25) is 9.79 Å². The van der Waals surface area contributed by atoms with E-state index >= 15 is 0 Å². The second-order valence-corrected chi connectivity index (χ2v) is 8.66. The molecule has 1 aromatic carbocycles. The van der Waals surface area contributed by atoms with E-state index in [1.807, 2.05) is 11.0 Å². The molecule has 31 heavy (non-hydrogen) atoms. The lowest BCUT2D eigenvalue weighted by Gasteiger charge is -2.36. The Bertz CT molecular complexity index is 731. The Morgan fingerprint density at radius 3 is 2.55 bits per heavy atom. The molecule has 1 atom stereocenters.